The Morgan fingerprint density at radius 2 is 1.93 bits per heavy atom. The second-order valence-electron chi connectivity index (χ2n) is 2.27. The molecule has 0 bridgehead atoms. The fourth-order valence-corrected chi connectivity index (χ4v) is 1.67. The third-order valence-electron chi connectivity index (χ3n) is 1.32. The van der Waals surface area contributed by atoms with Crippen molar-refractivity contribution < 1.29 is 13.2 Å². The summed E-state index contributed by atoms with van der Waals surface area (Å²) in [4.78, 5) is 3.24. The van der Waals surface area contributed by atoms with E-state index in [1.54, 1.807) is 6.07 Å². The van der Waals surface area contributed by atoms with Crippen LogP contribution in [0.4, 0.5) is 13.2 Å². The van der Waals surface area contributed by atoms with Crippen molar-refractivity contribution in [1.82, 2.24) is 4.98 Å². The van der Waals surface area contributed by atoms with E-state index in [-0.39, 0.29) is 14.6 Å². The number of aromatic nitrogens is 1. The molecular weight excluding hydrogens is 329 g/mol. The van der Waals surface area contributed by atoms with Gasteiger partial charge in [-0.05, 0) is 37.9 Å². The van der Waals surface area contributed by atoms with Crippen LogP contribution in [-0.4, -0.2) is 4.98 Å². The van der Waals surface area contributed by atoms with Crippen molar-refractivity contribution in [1.29, 1.82) is 5.26 Å². The number of nitriles is 1. The highest BCUT2D eigenvalue weighted by Crippen LogP contribution is 2.35. The summed E-state index contributed by atoms with van der Waals surface area (Å²) in [5.74, 6) is 0. The lowest BCUT2D eigenvalue weighted by atomic mass is 10.2. The Hall–Kier alpha value is -0.610. The molecule has 1 rings (SSSR count). The topological polar surface area (TPSA) is 36.7 Å². The molecule has 1 heterocycles. The van der Waals surface area contributed by atoms with Crippen LogP contribution in [0.1, 0.15) is 11.3 Å². The lowest BCUT2D eigenvalue weighted by Gasteiger charge is -2.08. The Balaban J connectivity index is 3.38. The highest BCUT2D eigenvalue weighted by atomic mass is 79.9. The van der Waals surface area contributed by atoms with Crippen LogP contribution in [-0.2, 0) is 6.18 Å². The second-order valence-corrected chi connectivity index (χ2v) is 3.87. The highest BCUT2D eigenvalue weighted by molar-refractivity contribution is 9.11. The summed E-state index contributed by atoms with van der Waals surface area (Å²) in [5.41, 5.74) is -1.01. The molecule has 0 aliphatic heterocycles. The van der Waals surface area contributed by atoms with Gasteiger partial charge in [0.05, 0.1) is 5.56 Å². The zero-order valence-electron chi connectivity index (χ0n) is 6.36. The van der Waals surface area contributed by atoms with Gasteiger partial charge >= 0.3 is 6.18 Å². The minimum atomic E-state index is -4.53. The molecule has 0 amide bonds. The molecule has 1 aromatic heterocycles. The van der Waals surface area contributed by atoms with Crippen LogP contribution < -0.4 is 0 Å². The van der Waals surface area contributed by atoms with Gasteiger partial charge in [-0.25, -0.2) is 4.98 Å². The predicted molar refractivity (Wildman–Crippen MR) is 49.4 cm³/mol. The maximum absolute atomic E-state index is 12.3. The fraction of sp³-hybridized carbons (Fsp3) is 0.143. The number of pyridine rings is 1. The average molecular weight is 330 g/mol. The first kappa shape index (κ1) is 11.5. The summed E-state index contributed by atoms with van der Waals surface area (Å²) >= 11 is 5.48. The third-order valence-corrected chi connectivity index (χ3v) is 2.53. The third kappa shape index (κ3) is 2.25. The Morgan fingerprint density at radius 3 is 2.36 bits per heavy atom. The molecule has 0 radical (unpaired) electrons. The molecule has 0 aliphatic carbocycles. The zero-order chi connectivity index (χ0) is 10.9. The maximum atomic E-state index is 12.3. The van der Waals surface area contributed by atoms with Crippen molar-refractivity contribution in [2.75, 3.05) is 0 Å². The van der Waals surface area contributed by atoms with E-state index in [9.17, 15) is 13.2 Å². The summed E-state index contributed by atoms with van der Waals surface area (Å²) in [6, 6.07) is 2.78. The van der Waals surface area contributed by atoms with Gasteiger partial charge in [0.25, 0.3) is 0 Å². The van der Waals surface area contributed by atoms with Crippen molar-refractivity contribution in [2.45, 2.75) is 6.18 Å². The maximum Gasteiger partial charge on any atom is 0.434 e. The highest BCUT2D eigenvalue weighted by Gasteiger charge is 2.35. The number of hydrogen-bond acceptors (Lipinski definition) is 2. The van der Waals surface area contributed by atoms with E-state index in [1.165, 1.54) is 0 Å². The first-order valence-corrected chi connectivity index (χ1v) is 4.78. The van der Waals surface area contributed by atoms with Gasteiger partial charge in [0.15, 0.2) is 5.69 Å². The monoisotopic (exact) mass is 328 g/mol. The first-order chi connectivity index (χ1) is 6.36. The van der Waals surface area contributed by atoms with Crippen molar-refractivity contribution >= 4 is 31.9 Å². The molecule has 0 unspecified atom stereocenters. The van der Waals surface area contributed by atoms with E-state index in [1.807, 2.05) is 0 Å². The molecule has 0 atom stereocenters. The summed E-state index contributed by atoms with van der Waals surface area (Å²) in [7, 11) is 0. The van der Waals surface area contributed by atoms with E-state index in [4.69, 9.17) is 5.26 Å². The Bertz CT molecular complexity index is 409. The van der Waals surface area contributed by atoms with Crippen molar-refractivity contribution in [3.05, 3.63) is 26.4 Å². The molecule has 0 saturated carbocycles. The first-order valence-electron chi connectivity index (χ1n) is 3.19. The molecule has 2 nitrogen and oxygen atoms in total. The van der Waals surface area contributed by atoms with Gasteiger partial charge in [0.2, 0.25) is 0 Å². The van der Waals surface area contributed by atoms with Gasteiger partial charge in [-0.2, -0.15) is 18.4 Å². The largest absolute Gasteiger partial charge is 0.434 e. The summed E-state index contributed by atoms with van der Waals surface area (Å²) < 4.78 is 36.4. The van der Waals surface area contributed by atoms with E-state index < -0.39 is 11.9 Å². The van der Waals surface area contributed by atoms with E-state index >= 15 is 0 Å². The Labute approximate surface area is 94.0 Å². The van der Waals surface area contributed by atoms with Gasteiger partial charge in [0.1, 0.15) is 10.7 Å². The number of alkyl halides is 3. The zero-order valence-corrected chi connectivity index (χ0v) is 9.53. The number of hydrogen-bond donors (Lipinski definition) is 0. The van der Waals surface area contributed by atoms with E-state index in [0.717, 1.165) is 6.07 Å². The van der Waals surface area contributed by atoms with Gasteiger partial charge in [-0.3, -0.25) is 0 Å². The molecule has 0 aliphatic rings. The lowest BCUT2D eigenvalue weighted by molar-refractivity contribution is -0.141. The molecule has 0 aromatic carbocycles. The minimum absolute atomic E-state index is 0.0462. The van der Waals surface area contributed by atoms with Crippen molar-refractivity contribution in [2.24, 2.45) is 0 Å². The molecule has 74 valence electrons. The van der Waals surface area contributed by atoms with Gasteiger partial charge in [-0.15, -0.1) is 0 Å². The normalized spacial score (nSPS) is 11.1. The van der Waals surface area contributed by atoms with Crippen LogP contribution in [0.25, 0.3) is 0 Å². The SMILES string of the molecule is N#Cc1cc(Br)c(C(F)(F)F)nc1Br. The van der Waals surface area contributed by atoms with Crippen molar-refractivity contribution in [3.63, 3.8) is 0 Å². The van der Waals surface area contributed by atoms with Crippen LogP contribution >= 0.6 is 31.9 Å². The van der Waals surface area contributed by atoms with Gasteiger partial charge < -0.3 is 0 Å². The van der Waals surface area contributed by atoms with Crippen LogP contribution in [0, 0.1) is 11.3 Å². The molecule has 1 aromatic rings. The number of nitrogens with zero attached hydrogens (tertiary/aromatic N) is 2. The Kier molecular flexibility index (Phi) is 3.17. The van der Waals surface area contributed by atoms with Gasteiger partial charge in [-0.1, -0.05) is 0 Å². The molecular formula is C7HBr2F3N2. The van der Waals surface area contributed by atoms with Crippen LogP contribution in [0.2, 0.25) is 0 Å². The summed E-state index contributed by atoms with van der Waals surface area (Å²) in [6.45, 7) is 0. The summed E-state index contributed by atoms with van der Waals surface area (Å²) in [6.07, 6.45) is -4.53. The molecule has 0 N–H and O–H groups in total. The number of rotatable bonds is 0. The molecule has 7 heteroatoms. The standard InChI is InChI=1S/C7HBr2F3N2/c8-4-1-3(2-13)6(9)14-5(4)7(10,11)12/h1H. The van der Waals surface area contributed by atoms with Crippen LogP contribution in [0.15, 0.2) is 15.1 Å². The van der Waals surface area contributed by atoms with E-state index in [0.29, 0.717) is 0 Å². The van der Waals surface area contributed by atoms with E-state index in [2.05, 4.69) is 36.8 Å². The average Bonchev–Trinajstić information content (AvgIpc) is 2.06. The molecule has 0 spiro atoms. The molecule has 0 saturated heterocycles. The number of halogens is 5. The summed E-state index contributed by atoms with van der Waals surface area (Å²) in [5, 5.41) is 8.51. The molecule has 14 heavy (non-hydrogen) atoms. The van der Waals surface area contributed by atoms with Crippen LogP contribution in [0.3, 0.4) is 0 Å². The predicted octanol–water partition coefficient (Wildman–Crippen LogP) is 3.50. The Morgan fingerprint density at radius 1 is 1.36 bits per heavy atom. The second kappa shape index (κ2) is 3.87. The quantitative estimate of drug-likeness (QED) is 0.683. The fourth-order valence-electron chi connectivity index (χ4n) is 0.744. The van der Waals surface area contributed by atoms with Crippen LogP contribution in [0.5, 0.6) is 0 Å². The smallest absolute Gasteiger partial charge is 0.234 e. The van der Waals surface area contributed by atoms with Gasteiger partial charge in [0, 0.05) is 4.47 Å². The minimum Gasteiger partial charge on any atom is -0.234 e. The lowest BCUT2D eigenvalue weighted by Crippen LogP contribution is -2.09. The molecule has 0 fully saturated rings. The van der Waals surface area contributed by atoms with Crippen molar-refractivity contribution in [3.8, 4) is 6.07 Å².